The van der Waals surface area contributed by atoms with Crippen LogP contribution in [0.2, 0.25) is 0 Å². The average molecular weight is 430 g/mol. The van der Waals surface area contributed by atoms with Crippen molar-refractivity contribution in [2.75, 3.05) is 57.3 Å². The van der Waals surface area contributed by atoms with Crippen molar-refractivity contribution >= 4 is 27.3 Å². The third-order valence-corrected chi connectivity index (χ3v) is 6.23. The van der Waals surface area contributed by atoms with Crippen molar-refractivity contribution in [3.8, 4) is 0 Å². The molecule has 27 heavy (non-hydrogen) atoms. The number of aliphatic hydroxyl groups is 1. The molecule has 0 amide bonds. The minimum Gasteiger partial charge on any atom is -0.395 e. The first kappa shape index (κ1) is 18.9. The second-order valence-corrected chi connectivity index (χ2v) is 8.41. The Labute approximate surface area is 170 Å². The molecule has 4 nitrogen and oxygen atoms in total. The molecule has 0 bridgehead atoms. The number of piperazine rings is 1. The standard InChI is InChI=1S/C22H28BrN3O/c23-20-6-7-22-19(17-20)16-18-4-1-2-5-21(18)26(22)9-3-8-24-10-12-25(13-11-24)14-15-27/h1-2,4-7,17,27H,3,8-16H2. The first-order valence-electron chi connectivity index (χ1n) is 9.94. The van der Waals surface area contributed by atoms with Gasteiger partial charge in [0.1, 0.15) is 0 Å². The number of benzene rings is 2. The van der Waals surface area contributed by atoms with Gasteiger partial charge in [0.25, 0.3) is 0 Å². The molecule has 0 aromatic heterocycles. The second-order valence-electron chi connectivity index (χ2n) is 7.49. The lowest BCUT2D eigenvalue weighted by Crippen LogP contribution is -2.47. The molecule has 1 saturated heterocycles. The smallest absolute Gasteiger partial charge is 0.0558 e. The van der Waals surface area contributed by atoms with Crippen molar-refractivity contribution in [2.24, 2.45) is 0 Å². The third kappa shape index (κ3) is 4.37. The van der Waals surface area contributed by atoms with Crippen LogP contribution in [-0.2, 0) is 6.42 Å². The second kappa shape index (κ2) is 8.74. The molecule has 0 aliphatic carbocycles. The topological polar surface area (TPSA) is 30.0 Å². The predicted molar refractivity (Wildman–Crippen MR) is 115 cm³/mol. The zero-order valence-corrected chi connectivity index (χ0v) is 17.4. The molecule has 144 valence electrons. The number of halogens is 1. The van der Waals surface area contributed by atoms with Crippen molar-refractivity contribution in [2.45, 2.75) is 12.8 Å². The van der Waals surface area contributed by atoms with E-state index in [2.05, 4.69) is 73.1 Å². The van der Waals surface area contributed by atoms with E-state index in [-0.39, 0.29) is 6.61 Å². The Morgan fingerprint density at radius 1 is 0.815 bits per heavy atom. The van der Waals surface area contributed by atoms with E-state index < -0.39 is 0 Å². The number of fused-ring (bicyclic) bond motifs is 2. The van der Waals surface area contributed by atoms with E-state index in [1.54, 1.807) is 0 Å². The summed E-state index contributed by atoms with van der Waals surface area (Å²) >= 11 is 3.63. The number of rotatable bonds is 6. The summed E-state index contributed by atoms with van der Waals surface area (Å²) in [6.45, 7) is 7.63. The summed E-state index contributed by atoms with van der Waals surface area (Å²) in [4.78, 5) is 7.42. The van der Waals surface area contributed by atoms with Gasteiger partial charge in [-0.1, -0.05) is 34.1 Å². The molecule has 0 unspecified atom stereocenters. The van der Waals surface area contributed by atoms with Gasteiger partial charge in [-0.3, -0.25) is 4.90 Å². The average Bonchev–Trinajstić information content (AvgIpc) is 2.69. The van der Waals surface area contributed by atoms with Crippen LogP contribution in [-0.4, -0.2) is 67.3 Å². The molecular formula is C22H28BrN3O. The zero-order valence-electron chi connectivity index (χ0n) is 15.8. The molecule has 1 fully saturated rings. The number of anilines is 2. The molecule has 4 rings (SSSR count). The maximum absolute atomic E-state index is 9.08. The van der Waals surface area contributed by atoms with E-state index in [1.165, 1.54) is 22.5 Å². The van der Waals surface area contributed by atoms with Crippen molar-refractivity contribution in [3.05, 3.63) is 58.1 Å². The monoisotopic (exact) mass is 429 g/mol. The van der Waals surface area contributed by atoms with Crippen molar-refractivity contribution in [3.63, 3.8) is 0 Å². The Morgan fingerprint density at radius 3 is 2.30 bits per heavy atom. The molecule has 0 atom stereocenters. The summed E-state index contributed by atoms with van der Waals surface area (Å²) < 4.78 is 1.15. The Morgan fingerprint density at radius 2 is 1.52 bits per heavy atom. The first-order chi connectivity index (χ1) is 13.2. The van der Waals surface area contributed by atoms with Crippen LogP contribution < -0.4 is 4.90 Å². The van der Waals surface area contributed by atoms with Crippen LogP contribution in [0.15, 0.2) is 46.9 Å². The van der Waals surface area contributed by atoms with Gasteiger partial charge in [-0.15, -0.1) is 0 Å². The van der Waals surface area contributed by atoms with Crippen molar-refractivity contribution < 1.29 is 5.11 Å². The van der Waals surface area contributed by atoms with E-state index in [0.29, 0.717) is 0 Å². The molecule has 2 aliphatic rings. The van der Waals surface area contributed by atoms with E-state index >= 15 is 0 Å². The molecule has 2 aromatic carbocycles. The fourth-order valence-corrected chi connectivity index (χ4v) is 4.70. The van der Waals surface area contributed by atoms with Gasteiger partial charge in [-0.25, -0.2) is 0 Å². The first-order valence-corrected chi connectivity index (χ1v) is 10.7. The van der Waals surface area contributed by atoms with Gasteiger partial charge in [0.2, 0.25) is 0 Å². The van der Waals surface area contributed by atoms with Crippen LogP contribution in [0.1, 0.15) is 17.5 Å². The van der Waals surface area contributed by atoms with Gasteiger partial charge in [0, 0.05) is 61.5 Å². The maximum Gasteiger partial charge on any atom is 0.0558 e. The molecule has 2 aliphatic heterocycles. The van der Waals surface area contributed by atoms with E-state index in [1.807, 2.05) is 0 Å². The van der Waals surface area contributed by atoms with Gasteiger partial charge in [-0.2, -0.15) is 0 Å². The molecule has 2 heterocycles. The lowest BCUT2D eigenvalue weighted by molar-refractivity contribution is 0.112. The van der Waals surface area contributed by atoms with E-state index in [0.717, 1.165) is 63.1 Å². The molecule has 0 saturated carbocycles. The van der Waals surface area contributed by atoms with Crippen molar-refractivity contribution in [1.82, 2.24) is 9.80 Å². The highest BCUT2D eigenvalue weighted by molar-refractivity contribution is 9.10. The van der Waals surface area contributed by atoms with Crippen LogP contribution in [0.25, 0.3) is 0 Å². The highest BCUT2D eigenvalue weighted by Crippen LogP contribution is 2.39. The van der Waals surface area contributed by atoms with Crippen LogP contribution in [0.4, 0.5) is 11.4 Å². The van der Waals surface area contributed by atoms with Crippen LogP contribution >= 0.6 is 15.9 Å². The summed E-state index contributed by atoms with van der Waals surface area (Å²) in [5.74, 6) is 0. The summed E-state index contributed by atoms with van der Waals surface area (Å²) in [6.07, 6.45) is 2.16. The maximum atomic E-state index is 9.08. The molecule has 5 heteroatoms. The summed E-state index contributed by atoms with van der Waals surface area (Å²) in [6, 6.07) is 15.5. The third-order valence-electron chi connectivity index (χ3n) is 5.73. The highest BCUT2D eigenvalue weighted by atomic mass is 79.9. The quantitative estimate of drug-likeness (QED) is 0.760. The number of hydrogen-bond donors (Lipinski definition) is 1. The Bertz CT molecular complexity index is 774. The highest BCUT2D eigenvalue weighted by Gasteiger charge is 2.23. The van der Waals surface area contributed by atoms with Gasteiger partial charge < -0.3 is 14.9 Å². The number of para-hydroxylation sites is 1. The van der Waals surface area contributed by atoms with Crippen LogP contribution in [0.3, 0.4) is 0 Å². The van der Waals surface area contributed by atoms with Crippen LogP contribution in [0.5, 0.6) is 0 Å². The molecular weight excluding hydrogens is 402 g/mol. The minimum absolute atomic E-state index is 0.268. The zero-order chi connectivity index (χ0) is 18.6. The summed E-state index contributed by atoms with van der Waals surface area (Å²) in [5, 5.41) is 9.08. The van der Waals surface area contributed by atoms with Gasteiger partial charge >= 0.3 is 0 Å². The number of aliphatic hydroxyl groups excluding tert-OH is 1. The fraction of sp³-hybridized carbons (Fsp3) is 0.455. The summed E-state index contributed by atoms with van der Waals surface area (Å²) in [7, 11) is 0. The van der Waals surface area contributed by atoms with E-state index in [4.69, 9.17) is 5.11 Å². The van der Waals surface area contributed by atoms with Gasteiger partial charge in [0.05, 0.1) is 6.61 Å². The molecule has 2 aromatic rings. The summed E-state index contributed by atoms with van der Waals surface area (Å²) in [5.41, 5.74) is 5.53. The van der Waals surface area contributed by atoms with Crippen molar-refractivity contribution in [1.29, 1.82) is 0 Å². The van der Waals surface area contributed by atoms with Gasteiger partial charge in [0.15, 0.2) is 0 Å². The minimum atomic E-state index is 0.268. The lowest BCUT2D eigenvalue weighted by Gasteiger charge is -2.36. The largest absolute Gasteiger partial charge is 0.395 e. The van der Waals surface area contributed by atoms with Crippen LogP contribution in [0, 0.1) is 0 Å². The molecule has 0 radical (unpaired) electrons. The van der Waals surface area contributed by atoms with E-state index in [9.17, 15) is 0 Å². The number of β-amino-alcohol motifs (C(OH)–C–C–N with tert-alkyl or cyclic N) is 1. The van der Waals surface area contributed by atoms with Gasteiger partial charge in [-0.05, 0) is 48.4 Å². The Hall–Kier alpha value is -1.40. The number of nitrogens with zero attached hydrogens (tertiary/aromatic N) is 3. The lowest BCUT2D eigenvalue weighted by atomic mass is 9.95. The number of hydrogen-bond acceptors (Lipinski definition) is 4. The Kier molecular flexibility index (Phi) is 6.13. The normalized spacial score (nSPS) is 17.6. The molecule has 1 N–H and O–H groups in total. The Balaban J connectivity index is 1.40. The molecule has 0 spiro atoms. The fourth-order valence-electron chi connectivity index (χ4n) is 4.29. The SMILES string of the molecule is OCCN1CCN(CCCN2c3ccccc3Cc3cc(Br)ccc32)CC1. The predicted octanol–water partition coefficient (Wildman–Crippen LogP) is 3.49.